The zero-order valence-corrected chi connectivity index (χ0v) is 25.3. The van der Waals surface area contributed by atoms with E-state index in [1.54, 1.807) is 36.6 Å². The number of urea groups is 1. The standard InChI is InChI=1S/C32H38N6O3S/c1-22-30(25-15-16-29(33-21-25)37-42(3,4)40)36-38(26-13-9-6-10-14-26)31(22)35-32(39)34-28-20-23(17-18-41-2)19-27(28)24-11-7-5-8-12-24/h5-16,21,23,27-28H,17-20H2,1-4H3,(H2,34,35,39)/t23?,27-,28+/m0/s1. The first kappa shape index (κ1) is 29.5. The number of amides is 2. The summed E-state index contributed by atoms with van der Waals surface area (Å²) in [6, 6.07) is 23.4. The van der Waals surface area contributed by atoms with Crippen LogP contribution in [0.5, 0.6) is 0 Å². The molecule has 0 radical (unpaired) electrons. The van der Waals surface area contributed by atoms with Gasteiger partial charge in [-0.2, -0.15) is 9.46 Å². The molecular weight excluding hydrogens is 548 g/mol. The van der Waals surface area contributed by atoms with Crippen molar-refractivity contribution in [1.29, 1.82) is 0 Å². The summed E-state index contributed by atoms with van der Waals surface area (Å²) in [7, 11) is -0.594. The van der Waals surface area contributed by atoms with Crippen LogP contribution >= 0.6 is 0 Å². The van der Waals surface area contributed by atoms with Crippen LogP contribution in [0, 0.1) is 12.8 Å². The Bertz CT molecular complexity index is 1620. The molecule has 2 heterocycles. The Morgan fingerprint density at radius 2 is 1.76 bits per heavy atom. The van der Waals surface area contributed by atoms with Gasteiger partial charge < -0.3 is 10.1 Å². The molecule has 10 heteroatoms. The lowest BCUT2D eigenvalue weighted by Gasteiger charge is -2.22. The first-order chi connectivity index (χ1) is 20.2. The smallest absolute Gasteiger partial charge is 0.320 e. The van der Waals surface area contributed by atoms with Gasteiger partial charge in [-0.05, 0) is 61.9 Å². The average molecular weight is 587 g/mol. The lowest BCUT2D eigenvalue weighted by atomic mass is 9.93. The van der Waals surface area contributed by atoms with E-state index in [1.807, 2.05) is 49.4 Å². The average Bonchev–Trinajstić information content (AvgIpc) is 3.53. The SMILES string of the molecule is COCCC1C[C@@H](NC(=O)Nc2c(C)c(-c3ccc(N=S(C)(C)=O)nc3)nn2-c2ccccc2)[C@H](c2ccccc2)C1. The molecule has 9 nitrogen and oxygen atoms in total. The zero-order chi connectivity index (χ0) is 29.7. The molecule has 0 bridgehead atoms. The largest absolute Gasteiger partial charge is 0.385 e. The number of hydrogen-bond donors (Lipinski definition) is 2. The predicted octanol–water partition coefficient (Wildman–Crippen LogP) is 6.32. The molecule has 2 N–H and O–H groups in total. The van der Waals surface area contributed by atoms with Crippen molar-refractivity contribution in [1.82, 2.24) is 20.1 Å². The number of para-hydroxylation sites is 1. The minimum Gasteiger partial charge on any atom is -0.385 e. The van der Waals surface area contributed by atoms with Crippen LogP contribution in [0.4, 0.5) is 16.4 Å². The van der Waals surface area contributed by atoms with Crippen molar-refractivity contribution >= 4 is 27.4 Å². The molecule has 5 rings (SSSR count). The van der Waals surface area contributed by atoms with Crippen molar-refractivity contribution in [2.75, 3.05) is 31.5 Å². The molecule has 4 aromatic rings. The predicted molar refractivity (Wildman–Crippen MR) is 168 cm³/mol. The number of methoxy groups -OCH3 is 1. The summed E-state index contributed by atoms with van der Waals surface area (Å²) >= 11 is 0. The number of nitrogens with one attached hydrogen (secondary N) is 2. The molecule has 42 heavy (non-hydrogen) atoms. The minimum atomic E-state index is -2.32. The van der Waals surface area contributed by atoms with Crippen LogP contribution in [-0.4, -0.2) is 57.3 Å². The fourth-order valence-corrected chi connectivity index (χ4v) is 6.24. The molecule has 0 aliphatic heterocycles. The van der Waals surface area contributed by atoms with Crippen LogP contribution in [0.2, 0.25) is 0 Å². The molecule has 220 valence electrons. The molecule has 2 aromatic heterocycles. The molecule has 2 amide bonds. The second-order valence-electron chi connectivity index (χ2n) is 11.1. The summed E-state index contributed by atoms with van der Waals surface area (Å²) in [5, 5.41) is 11.3. The van der Waals surface area contributed by atoms with E-state index in [0.717, 1.165) is 36.1 Å². The minimum absolute atomic E-state index is 0.00461. The maximum atomic E-state index is 13.6. The molecular formula is C32H38N6O3S. The number of carbonyl (C=O) groups excluding carboxylic acids is 1. The van der Waals surface area contributed by atoms with Crippen molar-refractivity contribution in [2.45, 2.75) is 38.1 Å². The van der Waals surface area contributed by atoms with Gasteiger partial charge in [0.15, 0.2) is 5.82 Å². The van der Waals surface area contributed by atoms with Crippen LogP contribution in [0.1, 0.15) is 36.3 Å². The van der Waals surface area contributed by atoms with Gasteiger partial charge in [-0.3, -0.25) is 5.32 Å². The summed E-state index contributed by atoms with van der Waals surface area (Å²) in [6.07, 6.45) is 7.68. The first-order valence-electron chi connectivity index (χ1n) is 14.1. The summed E-state index contributed by atoms with van der Waals surface area (Å²) in [5.74, 6) is 1.68. The van der Waals surface area contributed by atoms with E-state index in [9.17, 15) is 9.00 Å². The van der Waals surface area contributed by atoms with Crippen molar-refractivity contribution < 1.29 is 13.7 Å². The van der Waals surface area contributed by atoms with Crippen molar-refractivity contribution in [2.24, 2.45) is 10.3 Å². The molecule has 1 saturated carbocycles. The van der Waals surface area contributed by atoms with E-state index >= 15 is 0 Å². The van der Waals surface area contributed by atoms with Crippen molar-refractivity contribution in [3.63, 3.8) is 0 Å². The third-order valence-electron chi connectivity index (χ3n) is 7.62. The summed E-state index contributed by atoms with van der Waals surface area (Å²) < 4.78 is 23.4. The number of pyridine rings is 1. The molecule has 1 aliphatic carbocycles. The highest BCUT2D eigenvalue weighted by molar-refractivity contribution is 7.92. The van der Waals surface area contributed by atoms with Gasteiger partial charge in [0.25, 0.3) is 0 Å². The highest BCUT2D eigenvalue weighted by atomic mass is 32.2. The number of carbonyl (C=O) groups is 1. The molecule has 2 aromatic carbocycles. The monoisotopic (exact) mass is 586 g/mol. The van der Waals surface area contributed by atoms with Gasteiger partial charge in [0.05, 0.1) is 11.4 Å². The van der Waals surface area contributed by atoms with E-state index in [1.165, 1.54) is 5.56 Å². The van der Waals surface area contributed by atoms with Crippen molar-refractivity contribution in [3.8, 4) is 16.9 Å². The lowest BCUT2D eigenvalue weighted by molar-refractivity contribution is 0.177. The Morgan fingerprint density at radius 1 is 1.05 bits per heavy atom. The quantitative estimate of drug-likeness (QED) is 0.238. The third kappa shape index (κ3) is 7.06. The number of hydrogen-bond acceptors (Lipinski definition) is 6. The fourth-order valence-electron chi connectivity index (χ4n) is 5.68. The van der Waals surface area contributed by atoms with Crippen LogP contribution in [0.15, 0.2) is 83.4 Å². The fraction of sp³-hybridized carbons (Fsp3) is 0.344. The third-order valence-corrected chi connectivity index (χ3v) is 8.25. The molecule has 1 unspecified atom stereocenters. The van der Waals surface area contributed by atoms with Crippen LogP contribution in [0.3, 0.4) is 0 Å². The maximum Gasteiger partial charge on any atom is 0.320 e. The van der Waals surface area contributed by atoms with Crippen LogP contribution < -0.4 is 10.6 Å². The topological polar surface area (TPSA) is 110 Å². The van der Waals surface area contributed by atoms with Crippen molar-refractivity contribution in [3.05, 3.63) is 90.1 Å². The number of rotatable bonds is 9. The highest BCUT2D eigenvalue weighted by Gasteiger charge is 2.36. The molecule has 1 fully saturated rings. The Kier molecular flexibility index (Phi) is 9.03. The number of aromatic nitrogens is 3. The van der Waals surface area contributed by atoms with E-state index < -0.39 is 9.73 Å². The summed E-state index contributed by atoms with van der Waals surface area (Å²) in [4.78, 5) is 18.0. The van der Waals surface area contributed by atoms with Gasteiger partial charge in [-0.15, -0.1) is 0 Å². The van der Waals surface area contributed by atoms with Gasteiger partial charge >= 0.3 is 6.03 Å². The zero-order valence-electron chi connectivity index (χ0n) is 24.5. The number of benzene rings is 2. The van der Waals surface area contributed by atoms with E-state index in [2.05, 4.69) is 44.2 Å². The number of nitrogens with zero attached hydrogens (tertiary/aromatic N) is 4. The van der Waals surface area contributed by atoms with Gasteiger partial charge in [-0.25, -0.2) is 18.7 Å². The molecule has 0 spiro atoms. The van der Waals surface area contributed by atoms with Gasteiger partial charge in [0, 0.05) is 65.2 Å². The Hall–Kier alpha value is -4.02. The van der Waals surface area contributed by atoms with Crippen LogP contribution in [-0.2, 0) is 14.5 Å². The van der Waals surface area contributed by atoms with E-state index in [0.29, 0.717) is 29.9 Å². The van der Waals surface area contributed by atoms with Gasteiger partial charge in [-0.1, -0.05) is 48.5 Å². The number of ether oxygens (including phenoxy) is 1. The second-order valence-corrected chi connectivity index (χ2v) is 13.6. The molecule has 0 saturated heterocycles. The van der Waals surface area contributed by atoms with E-state index in [-0.39, 0.29) is 18.0 Å². The number of anilines is 1. The van der Waals surface area contributed by atoms with Crippen LogP contribution in [0.25, 0.3) is 16.9 Å². The second kappa shape index (κ2) is 12.9. The lowest BCUT2D eigenvalue weighted by Crippen LogP contribution is -2.40. The first-order valence-corrected chi connectivity index (χ1v) is 16.4. The molecule has 3 atom stereocenters. The normalized spacial score (nSPS) is 18.5. The maximum absolute atomic E-state index is 13.6. The van der Waals surface area contributed by atoms with Gasteiger partial charge in [0.1, 0.15) is 5.82 Å². The van der Waals surface area contributed by atoms with Gasteiger partial charge in [0.2, 0.25) is 0 Å². The summed E-state index contributed by atoms with van der Waals surface area (Å²) in [5.41, 5.74) is 4.31. The van der Waals surface area contributed by atoms with E-state index in [4.69, 9.17) is 9.84 Å². The Balaban J connectivity index is 1.42. The Morgan fingerprint density at radius 3 is 2.40 bits per heavy atom. The Labute approximate surface area is 247 Å². The molecule has 1 aliphatic rings. The summed E-state index contributed by atoms with van der Waals surface area (Å²) in [6.45, 7) is 2.65. The highest BCUT2D eigenvalue weighted by Crippen LogP contribution is 2.40.